The van der Waals surface area contributed by atoms with Gasteiger partial charge in [-0.05, 0) is 99.2 Å². The van der Waals surface area contributed by atoms with Crippen LogP contribution in [-0.4, -0.2) is 87.3 Å². The number of nitrogens with one attached hydrogen (secondary N) is 2. The van der Waals surface area contributed by atoms with E-state index in [0.717, 1.165) is 40.6 Å². The Hall–Kier alpha value is -4.65. The Morgan fingerprint density at radius 1 is 1.05 bits per heavy atom. The molecule has 3 aliphatic heterocycles. The van der Waals surface area contributed by atoms with Crippen molar-refractivity contribution in [1.82, 2.24) is 30.2 Å². The number of rotatable bonds is 13. The zero-order chi connectivity index (χ0) is 38.7. The summed E-state index contributed by atoms with van der Waals surface area (Å²) < 4.78 is 26.4. The van der Waals surface area contributed by atoms with Crippen molar-refractivity contribution in [3.05, 3.63) is 88.8 Å². The van der Waals surface area contributed by atoms with Crippen molar-refractivity contribution in [2.75, 3.05) is 19.7 Å². The molecule has 7 rings (SSSR count). The van der Waals surface area contributed by atoms with Crippen LogP contribution in [0, 0.1) is 6.92 Å². The minimum atomic E-state index is -3.68. The maximum Gasteiger partial charge on any atom is 0.323 e. The van der Waals surface area contributed by atoms with E-state index in [1.807, 2.05) is 49.2 Å². The molecule has 0 aliphatic carbocycles. The molecule has 3 saturated heterocycles. The molecule has 4 aromatic rings. The van der Waals surface area contributed by atoms with Crippen molar-refractivity contribution < 1.29 is 33.0 Å². The summed E-state index contributed by atoms with van der Waals surface area (Å²) in [5.41, 5.74) is 2.65. The lowest BCUT2D eigenvalue weighted by molar-refractivity contribution is -0.148. The molecule has 5 heterocycles. The molecule has 0 bridgehead atoms. The zero-order valence-electron chi connectivity index (χ0n) is 31.3. The first-order valence-corrected chi connectivity index (χ1v) is 21.6. The van der Waals surface area contributed by atoms with Gasteiger partial charge in [-0.3, -0.25) is 23.7 Å². The molecule has 3 fully saturated rings. The highest BCUT2D eigenvalue weighted by atomic mass is 32.1. The summed E-state index contributed by atoms with van der Waals surface area (Å²) >= 11 is 1.31. The van der Waals surface area contributed by atoms with Gasteiger partial charge >= 0.3 is 13.5 Å². The normalized spacial score (nSPS) is 21.6. The van der Waals surface area contributed by atoms with E-state index >= 15 is 0 Å². The molecular weight excluding hydrogens is 740 g/mol. The van der Waals surface area contributed by atoms with Crippen LogP contribution in [0.5, 0.6) is 5.75 Å². The SMILES string of the molecule is CCCOC(=O)[C@H](C)NP(=O)(Cc1ccc2sc(C(=O)N[C@H]3CCC[C@H]4CC[C@@H](C(=O)N5CC(c6cncnc6C)C5)N4C3=O)cc2c1)Oc1ccccc1. The Labute approximate surface area is 324 Å². The highest BCUT2D eigenvalue weighted by molar-refractivity contribution is 7.56. The number of carbonyl (C=O) groups excluding carboxylic acids is 4. The van der Waals surface area contributed by atoms with Crippen molar-refractivity contribution in [3.63, 3.8) is 0 Å². The minimum absolute atomic E-state index is 0.0192. The van der Waals surface area contributed by atoms with Gasteiger partial charge in [0, 0.05) is 41.6 Å². The van der Waals surface area contributed by atoms with Gasteiger partial charge in [0.15, 0.2) is 0 Å². The van der Waals surface area contributed by atoms with Crippen LogP contribution in [0.25, 0.3) is 10.1 Å². The molecule has 0 spiro atoms. The predicted octanol–water partition coefficient (Wildman–Crippen LogP) is 5.97. The second-order valence-corrected chi connectivity index (χ2v) is 17.9. The van der Waals surface area contributed by atoms with Crippen LogP contribution in [0.3, 0.4) is 0 Å². The third-order valence-corrected chi connectivity index (χ3v) is 13.8. The largest absolute Gasteiger partial charge is 0.465 e. The van der Waals surface area contributed by atoms with Crippen molar-refractivity contribution in [2.24, 2.45) is 0 Å². The molecule has 2 aromatic carbocycles. The van der Waals surface area contributed by atoms with Gasteiger partial charge in [-0.15, -0.1) is 11.3 Å². The van der Waals surface area contributed by atoms with Crippen LogP contribution in [0.4, 0.5) is 0 Å². The number of hydrogen-bond acceptors (Lipinski definition) is 10. The van der Waals surface area contributed by atoms with Crippen molar-refractivity contribution in [1.29, 1.82) is 0 Å². The lowest BCUT2D eigenvalue weighted by Gasteiger charge is -2.42. The fourth-order valence-electron chi connectivity index (χ4n) is 7.81. The Morgan fingerprint density at radius 2 is 1.85 bits per heavy atom. The number of nitrogens with zero attached hydrogens (tertiary/aromatic N) is 4. The molecule has 0 radical (unpaired) electrons. The Kier molecular flexibility index (Phi) is 11.7. The summed E-state index contributed by atoms with van der Waals surface area (Å²) in [6.45, 7) is 6.85. The number of amides is 3. The van der Waals surface area contributed by atoms with Crippen molar-refractivity contribution >= 4 is 52.6 Å². The summed E-state index contributed by atoms with van der Waals surface area (Å²) in [6, 6.07) is 13.9. The van der Waals surface area contributed by atoms with E-state index in [1.165, 1.54) is 17.7 Å². The van der Waals surface area contributed by atoms with E-state index in [0.29, 0.717) is 48.5 Å². The maximum absolute atomic E-state index is 14.3. The van der Waals surface area contributed by atoms with Gasteiger partial charge in [0.05, 0.1) is 17.6 Å². The molecule has 1 unspecified atom stereocenters. The van der Waals surface area contributed by atoms with Crippen LogP contribution in [0.15, 0.2) is 67.1 Å². The Bertz CT molecular complexity index is 2110. The van der Waals surface area contributed by atoms with Crippen LogP contribution >= 0.6 is 18.9 Å². The monoisotopic (exact) mass is 786 g/mol. The number of likely N-dealkylation sites (tertiary alicyclic amines) is 1. The summed E-state index contributed by atoms with van der Waals surface area (Å²) in [6.07, 6.45) is 7.43. The molecule has 3 amide bonds. The van der Waals surface area contributed by atoms with Gasteiger partial charge in [0.25, 0.3) is 5.91 Å². The molecule has 2 aromatic heterocycles. The topological polar surface area (TPSA) is 160 Å². The number of esters is 1. The number of benzene rings is 2. The zero-order valence-corrected chi connectivity index (χ0v) is 33.0. The molecule has 5 atom stereocenters. The van der Waals surface area contributed by atoms with Gasteiger partial charge < -0.3 is 24.4 Å². The highest BCUT2D eigenvalue weighted by Crippen LogP contribution is 2.47. The third kappa shape index (κ3) is 8.61. The fourth-order valence-corrected chi connectivity index (χ4v) is 10.8. The lowest BCUT2D eigenvalue weighted by Crippen LogP contribution is -2.58. The summed E-state index contributed by atoms with van der Waals surface area (Å²) in [5, 5.41) is 6.68. The van der Waals surface area contributed by atoms with Gasteiger partial charge in [-0.1, -0.05) is 31.2 Å². The van der Waals surface area contributed by atoms with Gasteiger partial charge in [0.2, 0.25) is 11.8 Å². The maximum atomic E-state index is 14.3. The Morgan fingerprint density at radius 3 is 2.62 bits per heavy atom. The molecule has 15 heteroatoms. The molecule has 290 valence electrons. The van der Waals surface area contributed by atoms with Crippen molar-refractivity contribution in [2.45, 2.75) is 95.5 Å². The van der Waals surface area contributed by atoms with Crippen LogP contribution < -0.4 is 14.9 Å². The molecule has 0 saturated carbocycles. The number of hydrogen-bond donors (Lipinski definition) is 2. The second-order valence-electron chi connectivity index (χ2n) is 14.7. The number of fused-ring (bicyclic) bond motifs is 2. The van der Waals surface area contributed by atoms with Crippen molar-refractivity contribution in [3.8, 4) is 5.75 Å². The van der Waals surface area contributed by atoms with Crippen LogP contribution in [-0.2, 0) is 29.8 Å². The first kappa shape index (κ1) is 38.6. The van der Waals surface area contributed by atoms with E-state index in [9.17, 15) is 23.7 Å². The first-order chi connectivity index (χ1) is 26.5. The third-order valence-electron chi connectivity index (χ3n) is 10.6. The smallest absolute Gasteiger partial charge is 0.323 e. The lowest BCUT2D eigenvalue weighted by atomic mass is 9.90. The average molecular weight is 787 g/mol. The predicted molar refractivity (Wildman–Crippen MR) is 209 cm³/mol. The number of aryl methyl sites for hydroxylation is 1. The van der Waals surface area contributed by atoms with Crippen LogP contribution in [0.1, 0.15) is 84.8 Å². The summed E-state index contributed by atoms with van der Waals surface area (Å²) in [5.74, 6) is -0.527. The second kappa shape index (κ2) is 16.6. The number of para-hydroxylation sites is 1. The number of ether oxygens (including phenoxy) is 1. The quantitative estimate of drug-likeness (QED) is 0.122. The minimum Gasteiger partial charge on any atom is -0.465 e. The first-order valence-electron chi connectivity index (χ1n) is 19.0. The molecular formula is C40H47N6O7PS. The van der Waals surface area contributed by atoms with Gasteiger partial charge in [-0.2, -0.15) is 0 Å². The average Bonchev–Trinajstić information content (AvgIpc) is 3.74. The number of thiophene rings is 1. The highest BCUT2D eigenvalue weighted by Gasteiger charge is 2.47. The van der Waals surface area contributed by atoms with E-state index in [1.54, 1.807) is 42.2 Å². The molecule has 55 heavy (non-hydrogen) atoms. The summed E-state index contributed by atoms with van der Waals surface area (Å²) in [7, 11) is -3.68. The van der Waals surface area contributed by atoms with E-state index in [2.05, 4.69) is 20.4 Å². The van der Waals surface area contributed by atoms with E-state index < -0.39 is 31.6 Å². The standard InChI is InChI=1S/C40H47N6O7PS/c1-4-17-52-40(50)26(3)44-54(51,53-31-10-6-5-7-11-31)23-27-13-16-35-28(18-27)19-36(55-35)37(47)43-33-12-8-9-30-14-15-34(46(30)38(33)48)39(49)45-21-29(22-45)32-20-41-24-42-25(32)2/h5-7,10-11,13,16,18-20,24,26,29-30,33-34H,4,8-9,12,14-15,17,21-23H2,1-3H3,(H,43,47)(H,44,51)/t26-,30-,33-,34-,54?/m0/s1. The molecule has 13 nitrogen and oxygen atoms in total. The van der Waals surface area contributed by atoms with Gasteiger partial charge in [-0.25, -0.2) is 15.1 Å². The van der Waals surface area contributed by atoms with Gasteiger partial charge in [0.1, 0.15) is 30.2 Å². The number of aromatic nitrogens is 2. The van der Waals surface area contributed by atoms with Crippen LogP contribution in [0.2, 0.25) is 0 Å². The molecule has 2 N–H and O–H groups in total. The molecule has 3 aliphatic rings. The number of carbonyl (C=O) groups is 4. The van der Waals surface area contributed by atoms with E-state index in [-0.39, 0.29) is 42.5 Å². The van der Waals surface area contributed by atoms with E-state index in [4.69, 9.17) is 9.26 Å². The Balaban J connectivity index is 1.02. The summed E-state index contributed by atoms with van der Waals surface area (Å²) in [4.78, 5) is 66.6. The fraction of sp³-hybridized carbons (Fsp3) is 0.450.